The average Bonchev–Trinajstić information content (AvgIpc) is 3.54. The molecule has 0 amide bonds. The number of para-hydroxylation sites is 1. The summed E-state index contributed by atoms with van der Waals surface area (Å²) in [4.78, 5) is 24.4. The van der Waals surface area contributed by atoms with Gasteiger partial charge in [-0.3, -0.25) is 9.80 Å². The first-order chi connectivity index (χ1) is 18.1. The Morgan fingerprint density at radius 1 is 1.00 bits per heavy atom. The maximum atomic E-state index is 10.6. The van der Waals surface area contributed by atoms with Gasteiger partial charge in [-0.25, -0.2) is 9.78 Å². The van der Waals surface area contributed by atoms with Crippen LogP contribution in [0.1, 0.15) is 11.1 Å². The lowest BCUT2D eigenvalue weighted by Crippen LogP contribution is -2.46. The van der Waals surface area contributed by atoms with E-state index in [1.165, 1.54) is 21.6 Å². The second-order valence-electron chi connectivity index (χ2n) is 9.06. The first-order valence-electron chi connectivity index (χ1n) is 12.1. The normalized spacial score (nSPS) is 14.9. The van der Waals surface area contributed by atoms with Gasteiger partial charge in [-0.15, -0.1) is 11.3 Å². The lowest BCUT2D eigenvalue weighted by molar-refractivity contribution is -0.192. The summed E-state index contributed by atoms with van der Waals surface area (Å²) in [7, 11) is 0. The number of hydrogen-bond acceptors (Lipinski definition) is 6. The van der Waals surface area contributed by atoms with Gasteiger partial charge in [0.25, 0.3) is 0 Å². The van der Waals surface area contributed by atoms with Crippen molar-refractivity contribution in [1.29, 1.82) is 0 Å². The number of alkyl halides is 3. The van der Waals surface area contributed by atoms with Crippen molar-refractivity contribution in [3.8, 4) is 21.1 Å². The van der Waals surface area contributed by atoms with Crippen LogP contribution in [0.4, 0.5) is 13.2 Å². The summed E-state index contributed by atoms with van der Waals surface area (Å²) in [5.41, 5.74) is 5.94. The average molecular weight is 547 g/mol. The number of thiophene rings is 1. The Bertz CT molecular complexity index is 1360. The molecule has 7 nitrogen and oxygen atoms in total. The fourth-order valence-corrected chi connectivity index (χ4v) is 5.21. The second kappa shape index (κ2) is 12.1. The van der Waals surface area contributed by atoms with E-state index in [0.29, 0.717) is 0 Å². The molecule has 0 atom stereocenters. The number of aliphatic hydroxyl groups is 1. The van der Waals surface area contributed by atoms with Crippen LogP contribution in [-0.4, -0.2) is 81.5 Å². The van der Waals surface area contributed by atoms with E-state index in [9.17, 15) is 13.2 Å². The molecule has 1 aliphatic heterocycles. The number of carboxylic acids is 1. The van der Waals surface area contributed by atoms with Gasteiger partial charge in [-0.2, -0.15) is 13.2 Å². The maximum Gasteiger partial charge on any atom is 0.490 e. The van der Waals surface area contributed by atoms with Gasteiger partial charge in [0.05, 0.1) is 22.5 Å². The molecule has 4 aromatic rings. The van der Waals surface area contributed by atoms with Crippen LogP contribution in [0.2, 0.25) is 0 Å². The van der Waals surface area contributed by atoms with Gasteiger partial charge in [0.1, 0.15) is 5.82 Å². The molecule has 0 saturated carbocycles. The summed E-state index contributed by atoms with van der Waals surface area (Å²) in [6.07, 6.45) is -5.08. The minimum atomic E-state index is -5.08. The van der Waals surface area contributed by atoms with Crippen LogP contribution in [-0.2, 0) is 11.3 Å². The zero-order valence-electron chi connectivity index (χ0n) is 20.8. The van der Waals surface area contributed by atoms with Gasteiger partial charge in [-0.05, 0) is 41.8 Å². The number of benzene rings is 2. The fourth-order valence-electron chi connectivity index (χ4n) is 4.26. The zero-order valence-corrected chi connectivity index (χ0v) is 21.6. The standard InChI is InChI=1S/C25H28N4OS.C2HF3O2/c1-18-3-2-4-21-24(18)27-25(26-21)23-10-9-22(31-23)20-7-5-19(6-8-20)17-29-13-11-28(12-14-29)15-16-30;3-2(4,5)1(6)7/h2-10,30H,11-17H2,1H3,(H,26,27);(H,6,7). The number of β-amino-alcohol motifs (C(OH)–C–C–N with tert-alkyl or cyclic N) is 1. The molecule has 3 N–H and O–H groups in total. The molecular weight excluding hydrogens is 517 g/mol. The van der Waals surface area contributed by atoms with E-state index in [4.69, 9.17) is 20.0 Å². The molecular formula is C27H29F3N4O3S. The van der Waals surface area contributed by atoms with Crippen LogP contribution in [0, 0.1) is 6.92 Å². The number of aliphatic hydroxyl groups excluding tert-OH is 1. The number of piperazine rings is 1. The molecule has 11 heteroatoms. The molecule has 2 aromatic carbocycles. The summed E-state index contributed by atoms with van der Waals surface area (Å²) in [6.45, 7) is 8.33. The number of carbonyl (C=O) groups is 1. The quantitative estimate of drug-likeness (QED) is 0.315. The fraction of sp³-hybridized carbons (Fsp3) is 0.333. The third kappa shape index (κ3) is 6.98. The first-order valence-corrected chi connectivity index (χ1v) is 13.0. The van der Waals surface area contributed by atoms with Crippen molar-refractivity contribution >= 4 is 28.3 Å². The third-order valence-corrected chi connectivity index (χ3v) is 7.46. The van der Waals surface area contributed by atoms with Gasteiger partial charge >= 0.3 is 12.1 Å². The molecule has 1 fully saturated rings. The van der Waals surface area contributed by atoms with Crippen molar-refractivity contribution in [2.24, 2.45) is 0 Å². The monoisotopic (exact) mass is 546 g/mol. The smallest absolute Gasteiger partial charge is 0.475 e. The number of aromatic amines is 1. The number of carboxylic acid groups (broad SMARTS) is 1. The molecule has 0 radical (unpaired) electrons. The number of imidazole rings is 1. The second-order valence-corrected chi connectivity index (χ2v) is 10.1. The van der Waals surface area contributed by atoms with Crippen LogP contribution < -0.4 is 0 Å². The van der Waals surface area contributed by atoms with E-state index < -0.39 is 12.1 Å². The summed E-state index contributed by atoms with van der Waals surface area (Å²) >= 11 is 1.78. The number of aryl methyl sites for hydroxylation is 1. The molecule has 1 aliphatic rings. The topological polar surface area (TPSA) is 92.7 Å². The zero-order chi connectivity index (χ0) is 27.3. The number of nitrogens with zero attached hydrogens (tertiary/aromatic N) is 3. The molecule has 5 rings (SSSR count). The molecule has 0 unspecified atom stereocenters. The Kier molecular flexibility index (Phi) is 8.83. The number of rotatable bonds is 6. The number of aromatic nitrogens is 2. The Labute approximate surface area is 222 Å². The van der Waals surface area contributed by atoms with Crippen molar-refractivity contribution in [2.45, 2.75) is 19.6 Å². The van der Waals surface area contributed by atoms with Crippen molar-refractivity contribution in [1.82, 2.24) is 19.8 Å². The highest BCUT2D eigenvalue weighted by Gasteiger charge is 2.38. The molecule has 38 heavy (non-hydrogen) atoms. The van der Waals surface area contributed by atoms with Gasteiger partial charge < -0.3 is 15.2 Å². The molecule has 0 aliphatic carbocycles. The molecule has 1 saturated heterocycles. The Morgan fingerprint density at radius 3 is 2.24 bits per heavy atom. The number of hydrogen-bond donors (Lipinski definition) is 3. The molecule has 202 valence electrons. The predicted molar refractivity (Wildman–Crippen MR) is 142 cm³/mol. The van der Waals surface area contributed by atoms with Crippen LogP contribution in [0.5, 0.6) is 0 Å². The van der Waals surface area contributed by atoms with E-state index >= 15 is 0 Å². The molecule has 3 heterocycles. The van der Waals surface area contributed by atoms with E-state index in [2.05, 4.69) is 76.3 Å². The van der Waals surface area contributed by atoms with Crippen LogP contribution >= 0.6 is 11.3 Å². The molecule has 0 bridgehead atoms. The van der Waals surface area contributed by atoms with Crippen LogP contribution in [0.15, 0.2) is 54.6 Å². The van der Waals surface area contributed by atoms with Crippen LogP contribution in [0.25, 0.3) is 32.2 Å². The van der Waals surface area contributed by atoms with Crippen molar-refractivity contribution in [3.63, 3.8) is 0 Å². The van der Waals surface area contributed by atoms with E-state index in [1.54, 1.807) is 11.3 Å². The highest BCUT2D eigenvalue weighted by Crippen LogP contribution is 2.34. The summed E-state index contributed by atoms with van der Waals surface area (Å²) in [5, 5.41) is 16.2. The van der Waals surface area contributed by atoms with Crippen molar-refractivity contribution in [2.75, 3.05) is 39.3 Å². The highest BCUT2D eigenvalue weighted by atomic mass is 32.1. The van der Waals surface area contributed by atoms with E-state index in [-0.39, 0.29) is 6.61 Å². The lowest BCUT2D eigenvalue weighted by atomic mass is 10.1. The third-order valence-electron chi connectivity index (χ3n) is 6.32. The SMILES string of the molecule is Cc1cccc2[nH]c(-c3ccc(-c4ccc(CN5CCN(CCO)CC5)cc4)s3)nc12.O=C(O)C(F)(F)F. The lowest BCUT2D eigenvalue weighted by Gasteiger charge is -2.34. The largest absolute Gasteiger partial charge is 0.490 e. The number of H-pyrrole nitrogens is 1. The minimum absolute atomic E-state index is 0.252. The summed E-state index contributed by atoms with van der Waals surface area (Å²) < 4.78 is 31.7. The molecule has 0 spiro atoms. The Hall–Kier alpha value is -3.25. The van der Waals surface area contributed by atoms with Gasteiger partial charge in [0.15, 0.2) is 0 Å². The maximum absolute atomic E-state index is 10.6. The Morgan fingerprint density at radius 2 is 1.63 bits per heavy atom. The molecule has 2 aromatic heterocycles. The van der Waals surface area contributed by atoms with E-state index in [1.807, 2.05) is 0 Å². The summed E-state index contributed by atoms with van der Waals surface area (Å²) in [5.74, 6) is -1.81. The van der Waals surface area contributed by atoms with E-state index in [0.717, 1.165) is 61.0 Å². The predicted octanol–water partition coefficient (Wildman–Crippen LogP) is 5.01. The Balaban J connectivity index is 0.000000426. The van der Waals surface area contributed by atoms with Crippen molar-refractivity contribution < 1.29 is 28.2 Å². The number of aliphatic carboxylic acids is 1. The van der Waals surface area contributed by atoms with Gasteiger partial charge in [0.2, 0.25) is 0 Å². The highest BCUT2D eigenvalue weighted by molar-refractivity contribution is 7.18. The first kappa shape index (κ1) is 27.8. The number of halogens is 3. The summed E-state index contributed by atoms with van der Waals surface area (Å²) in [6, 6.07) is 19.6. The van der Waals surface area contributed by atoms with Crippen LogP contribution in [0.3, 0.4) is 0 Å². The van der Waals surface area contributed by atoms with Gasteiger partial charge in [0, 0.05) is 44.1 Å². The van der Waals surface area contributed by atoms with Crippen molar-refractivity contribution in [3.05, 3.63) is 65.7 Å². The van der Waals surface area contributed by atoms with Gasteiger partial charge in [-0.1, -0.05) is 36.4 Å². The number of fused-ring (bicyclic) bond motifs is 1. The number of nitrogens with one attached hydrogen (secondary N) is 1. The minimum Gasteiger partial charge on any atom is -0.475 e.